The van der Waals surface area contributed by atoms with Crippen LogP contribution in [0.3, 0.4) is 0 Å². The van der Waals surface area contributed by atoms with Crippen LogP contribution >= 0.6 is 0 Å². The van der Waals surface area contributed by atoms with E-state index in [1.54, 1.807) is 13.2 Å². The van der Waals surface area contributed by atoms with Gasteiger partial charge in [0.1, 0.15) is 6.79 Å². The average Bonchev–Trinajstić information content (AvgIpc) is 2.16. The van der Waals surface area contributed by atoms with Gasteiger partial charge in [0.2, 0.25) is 0 Å². The van der Waals surface area contributed by atoms with Crippen molar-refractivity contribution in [1.82, 2.24) is 0 Å². The molecular formula is C9H18O4. The molecule has 0 spiro atoms. The van der Waals surface area contributed by atoms with Crippen molar-refractivity contribution in [3.8, 4) is 0 Å². The highest BCUT2D eigenvalue weighted by atomic mass is 16.7. The minimum atomic E-state index is -0.208. The molecule has 0 aliphatic rings. The Kier molecular flexibility index (Phi) is 9.35. The number of aliphatic hydroxyl groups excluding tert-OH is 1. The van der Waals surface area contributed by atoms with Gasteiger partial charge in [-0.3, -0.25) is 0 Å². The summed E-state index contributed by atoms with van der Waals surface area (Å²) in [6, 6.07) is 0. The number of aliphatic hydroxyl groups is 1. The monoisotopic (exact) mass is 190 g/mol. The third-order valence-electron chi connectivity index (χ3n) is 1.45. The van der Waals surface area contributed by atoms with Crippen LogP contribution in [0.1, 0.15) is 6.42 Å². The lowest BCUT2D eigenvalue weighted by atomic mass is 10.3. The van der Waals surface area contributed by atoms with Crippen molar-refractivity contribution < 1.29 is 19.3 Å². The summed E-state index contributed by atoms with van der Waals surface area (Å²) in [6.07, 6.45) is 2.13. The molecule has 1 atom stereocenters. The Labute approximate surface area is 79.1 Å². The van der Waals surface area contributed by atoms with Crippen LogP contribution in [0.2, 0.25) is 0 Å². The second-order valence-corrected chi connectivity index (χ2v) is 2.51. The minimum Gasteiger partial charge on any atom is -0.394 e. The molecule has 13 heavy (non-hydrogen) atoms. The van der Waals surface area contributed by atoms with Crippen molar-refractivity contribution in [2.45, 2.75) is 12.5 Å². The fraction of sp³-hybridized carbons (Fsp3) is 0.778. The van der Waals surface area contributed by atoms with Crippen LogP contribution in [0.5, 0.6) is 0 Å². The lowest BCUT2D eigenvalue weighted by molar-refractivity contribution is -0.108. The molecule has 78 valence electrons. The Balaban J connectivity index is 3.22. The van der Waals surface area contributed by atoms with E-state index in [-0.39, 0.29) is 19.5 Å². The molecule has 0 heterocycles. The molecule has 1 unspecified atom stereocenters. The predicted molar refractivity (Wildman–Crippen MR) is 49.5 cm³/mol. The lowest BCUT2D eigenvalue weighted by Gasteiger charge is -2.13. The number of hydrogen-bond acceptors (Lipinski definition) is 4. The van der Waals surface area contributed by atoms with Crippen LogP contribution in [0.25, 0.3) is 0 Å². The first-order chi connectivity index (χ1) is 6.35. The summed E-state index contributed by atoms with van der Waals surface area (Å²) in [5.41, 5.74) is 0. The standard InChI is InChI=1S/C9H18O4/c1-3-4-9(7-10)13-8-12-6-5-11-2/h3,9-10H,1,4-8H2,2H3. The Hall–Kier alpha value is -0.420. The van der Waals surface area contributed by atoms with Crippen LogP contribution in [0.4, 0.5) is 0 Å². The highest BCUT2D eigenvalue weighted by Crippen LogP contribution is 1.97. The number of rotatable bonds is 9. The van der Waals surface area contributed by atoms with Crippen LogP contribution in [0, 0.1) is 0 Å². The van der Waals surface area contributed by atoms with Gasteiger partial charge < -0.3 is 19.3 Å². The molecule has 1 N–H and O–H groups in total. The van der Waals surface area contributed by atoms with Crippen LogP contribution < -0.4 is 0 Å². The van der Waals surface area contributed by atoms with E-state index in [0.717, 1.165) is 0 Å². The first kappa shape index (κ1) is 12.6. The van der Waals surface area contributed by atoms with Gasteiger partial charge in [0.25, 0.3) is 0 Å². The van der Waals surface area contributed by atoms with Crippen molar-refractivity contribution in [3.63, 3.8) is 0 Å². The van der Waals surface area contributed by atoms with E-state index >= 15 is 0 Å². The normalized spacial score (nSPS) is 12.8. The van der Waals surface area contributed by atoms with Gasteiger partial charge in [0.05, 0.1) is 25.9 Å². The van der Waals surface area contributed by atoms with E-state index in [0.29, 0.717) is 19.6 Å². The molecule has 0 bridgehead atoms. The summed E-state index contributed by atoms with van der Waals surface area (Å²) < 4.78 is 15.0. The quantitative estimate of drug-likeness (QED) is 0.328. The van der Waals surface area contributed by atoms with Gasteiger partial charge >= 0.3 is 0 Å². The largest absolute Gasteiger partial charge is 0.394 e. The molecule has 0 aromatic heterocycles. The maximum atomic E-state index is 8.81. The van der Waals surface area contributed by atoms with Crippen LogP contribution in [-0.2, 0) is 14.2 Å². The lowest BCUT2D eigenvalue weighted by Crippen LogP contribution is -2.19. The highest BCUT2D eigenvalue weighted by molar-refractivity contribution is 4.72. The van der Waals surface area contributed by atoms with E-state index < -0.39 is 0 Å². The predicted octanol–water partition coefficient (Wildman–Crippen LogP) is 0.560. The van der Waals surface area contributed by atoms with E-state index in [4.69, 9.17) is 19.3 Å². The molecule has 0 saturated carbocycles. The second-order valence-electron chi connectivity index (χ2n) is 2.51. The fourth-order valence-corrected chi connectivity index (χ4v) is 0.727. The smallest absolute Gasteiger partial charge is 0.147 e. The summed E-state index contributed by atoms with van der Waals surface area (Å²) in [4.78, 5) is 0. The van der Waals surface area contributed by atoms with Crippen molar-refractivity contribution in [2.24, 2.45) is 0 Å². The zero-order valence-corrected chi connectivity index (χ0v) is 8.07. The number of ether oxygens (including phenoxy) is 3. The first-order valence-corrected chi connectivity index (χ1v) is 4.25. The van der Waals surface area contributed by atoms with Crippen molar-refractivity contribution in [1.29, 1.82) is 0 Å². The molecule has 0 aromatic carbocycles. The van der Waals surface area contributed by atoms with Gasteiger partial charge in [-0.15, -0.1) is 6.58 Å². The van der Waals surface area contributed by atoms with Crippen LogP contribution in [0.15, 0.2) is 12.7 Å². The third-order valence-corrected chi connectivity index (χ3v) is 1.45. The molecule has 4 nitrogen and oxygen atoms in total. The first-order valence-electron chi connectivity index (χ1n) is 4.25. The molecule has 0 aliphatic carbocycles. The van der Waals surface area contributed by atoms with E-state index in [9.17, 15) is 0 Å². The Morgan fingerprint density at radius 2 is 2.23 bits per heavy atom. The summed E-state index contributed by atoms with van der Waals surface area (Å²) in [7, 11) is 1.61. The zero-order valence-electron chi connectivity index (χ0n) is 8.07. The van der Waals surface area contributed by atoms with E-state index in [1.165, 1.54) is 0 Å². The second kappa shape index (κ2) is 9.67. The molecule has 0 fully saturated rings. The van der Waals surface area contributed by atoms with Crippen molar-refractivity contribution in [2.75, 3.05) is 33.7 Å². The minimum absolute atomic E-state index is 0.0142. The Morgan fingerprint density at radius 1 is 1.46 bits per heavy atom. The van der Waals surface area contributed by atoms with Gasteiger partial charge in [-0.2, -0.15) is 0 Å². The maximum Gasteiger partial charge on any atom is 0.147 e. The molecule has 0 saturated heterocycles. The van der Waals surface area contributed by atoms with Crippen LogP contribution in [-0.4, -0.2) is 44.9 Å². The highest BCUT2D eigenvalue weighted by Gasteiger charge is 2.04. The number of methoxy groups -OCH3 is 1. The number of hydrogen-bond donors (Lipinski definition) is 1. The van der Waals surface area contributed by atoms with Gasteiger partial charge in [-0.1, -0.05) is 6.08 Å². The van der Waals surface area contributed by atoms with E-state index in [1.807, 2.05) is 0 Å². The molecular weight excluding hydrogens is 172 g/mol. The maximum absolute atomic E-state index is 8.81. The summed E-state index contributed by atoms with van der Waals surface area (Å²) in [5.74, 6) is 0. The molecule has 0 aliphatic heterocycles. The van der Waals surface area contributed by atoms with Crippen molar-refractivity contribution >= 4 is 0 Å². The van der Waals surface area contributed by atoms with Gasteiger partial charge in [0, 0.05) is 7.11 Å². The topological polar surface area (TPSA) is 47.9 Å². The zero-order chi connectivity index (χ0) is 9.94. The molecule has 0 amide bonds. The SMILES string of the molecule is C=CCC(CO)OCOCCOC. The summed E-state index contributed by atoms with van der Waals surface area (Å²) >= 11 is 0. The third kappa shape index (κ3) is 7.93. The Morgan fingerprint density at radius 3 is 2.77 bits per heavy atom. The van der Waals surface area contributed by atoms with Crippen molar-refractivity contribution in [3.05, 3.63) is 12.7 Å². The van der Waals surface area contributed by atoms with Gasteiger partial charge in [0.15, 0.2) is 0 Å². The van der Waals surface area contributed by atoms with Gasteiger partial charge in [-0.05, 0) is 6.42 Å². The fourth-order valence-electron chi connectivity index (χ4n) is 0.727. The molecule has 0 rings (SSSR count). The summed E-state index contributed by atoms with van der Waals surface area (Å²) in [6.45, 7) is 4.78. The molecule has 0 aromatic rings. The molecule has 0 radical (unpaired) electrons. The average molecular weight is 190 g/mol. The van der Waals surface area contributed by atoms with Gasteiger partial charge in [-0.25, -0.2) is 0 Å². The summed E-state index contributed by atoms with van der Waals surface area (Å²) in [5, 5.41) is 8.81. The Bertz CT molecular complexity index is 116. The molecule has 4 heteroatoms. The van der Waals surface area contributed by atoms with E-state index in [2.05, 4.69) is 6.58 Å².